The van der Waals surface area contributed by atoms with E-state index in [-0.39, 0.29) is 17.5 Å². The van der Waals surface area contributed by atoms with E-state index < -0.39 is 0 Å². The van der Waals surface area contributed by atoms with Gasteiger partial charge in [0.2, 0.25) is 5.91 Å². The summed E-state index contributed by atoms with van der Waals surface area (Å²) in [4.78, 5) is 12.8. The van der Waals surface area contributed by atoms with Crippen molar-refractivity contribution in [1.82, 2.24) is 9.78 Å². The molecule has 0 fully saturated rings. The van der Waals surface area contributed by atoms with Crippen molar-refractivity contribution in [3.63, 3.8) is 0 Å². The number of halogens is 1. The number of nitrogens with zero attached hydrogens (tertiary/aromatic N) is 2. The highest BCUT2D eigenvalue weighted by Crippen LogP contribution is 2.25. The minimum absolute atomic E-state index is 0.134. The fraction of sp³-hybridized carbons (Fsp3) is 0.200. The number of aromatic nitrogens is 2. The molecule has 134 valence electrons. The highest BCUT2D eigenvalue weighted by molar-refractivity contribution is 8.00. The molecule has 3 rings (SSSR count). The van der Waals surface area contributed by atoms with Crippen molar-refractivity contribution in [1.29, 1.82) is 0 Å². The smallest absolute Gasteiger partial charge is 0.234 e. The number of hydrogen-bond donors (Lipinski definition) is 1. The van der Waals surface area contributed by atoms with Gasteiger partial charge in [0.15, 0.2) is 0 Å². The molecule has 1 heterocycles. The van der Waals surface area contributed by atoms with Crippen LogP contribution in [0.25, 0.3) is 5.69 Å². The second-order valence-corrected chi connectivity index (χ2v) is 7.08. The van der Waals surface area contributed by atoms with Crippen LogP contribution in [0.1, 0.15) is 17.0 Å². The Morgan fingerprint density at radius 2 is 1.81 bits per heavy atom. The second-order valence-electron chi connectivity index (χ2n) is 6.06. The molecule has 26 heavy (non-hydrogen) atoms. The molecule has 4 nitrogen and oxygen atoms in total. The Kier molecular flexibility index (Phi) is 5.42. The molecule has 6 heteroatoms. The van der Waals surface area contributed by atoms with Gasteiger partial charge in [0.05, 0.1) is 28.5 Å². The zero-order valence-electron chi connectivity index (χ0n) is 14.9. The summed E-state index contributed by atoms with van der Waals surface area (Å²) >= 11 is 1.18. The zero-order chi connectivity index (χ0) is 18.7. The van der Waals surface area contributed by atoms with Crippen LogP contribution in [-0.4, -0.2) is 21.4 Å². The number of carbonyl (C=O) groups is 1. The Labute approximate surface area is 156 Å². The van der Waals surface area contributed by atoms with Gasteiger partial charge in [-0.3, -0.25) is 4.79 Å². The molecular formula is C20H20FN3OS. The van der Waals surface area contributed by atoms with Crippen LogP contribution in [0.15, 0.2) is 53.4 Å². The molecule has 0 spiro atoms. The van der Waals surface area contributed by atoms with Gasteiger partial charge in [0.1, 0.15) is 5.82 Å². The van der Waals surface area contributed by atoms with Crippen molar-refractivity contribution < 1.29 is 9.18 Å². The Morgan fingerprint density at radius 1 is 1.12 bits per heavy atom. The Morgan fingerprint density at radius 3 is 2.50 bits per heavy atom. The van der Waals surface area contributed by atoms with E-state index >= 15 is 0 Å². The maximum absolute atomic E-state index is 13.6. The van der Waals surface area contributed by atoms with Crippen LogP contribution < -0.4 is 5.32 Å². The lowest BCUT2D eigenvalue weighted by molar-refractivity contribution is -0.113. The summed E-state index contributed by atoms with van der Waals surface area (Å²) in [6.45, 7) is 5.81. The molecule has 0 saturated heterocycles. The lowest BCUT2D eigenvalue weighted by Crippen LogP contribution is -2.15. The van der Waals surface area contributed by atoms with E-state index in [1.165, 1.54) is 23.4 Å². The number of hydrogen-bond acceptors (Lipinski definition) is 3. The fourth-order valence-electron chi connectivity index (χ4n) is 2.64. The van der Waals surface area contributed by atoms with Gasteiger partial charge in [-0.15, -0.1) is 11.8 Å². The van der Waals surface area contributed by atoms with Crippen molar-refractivity contribution in [3.05, 3.63) is 71.3 Å². The van der Waals surface area contributed by atoms with Gasteiger partial charge in [-0.1, -0.05) is 29.8 Å². The third kappa shape index (κ3) is 3.96. The summed E-state index contributed by atoms with van der Waals surface area (Å²) in [6, 6.07) is 14.5. The van der Waals surface area contributed by atoms with Gasteiger partial charge in [-0.2, -0.15) is 5.10 Å². The van der Waals surface area contributed by atoms with Crippen molar-refractivity contribution >= 4 is 23.4 Å². The van der Waals surface area contributed by atoms with Crippen molar-refractivity contribution in [2.45, 2.75) is 25.7 Å². The molecule has 1 N–H and O–H groups in total. The quantitative estimate of drug-likeness (QED) is 0.665. The predicted octanol–water partition coefficient (Wildman–Crippen LogP) is 4.67. The summed E-state index contributed by atoms with van der Waals surface area (Å²) in [5, 5.41) is 7.43. The molecule has 0 unspecified atom stereocenters. The van der Waals surface area contributed by atoms with Gasteiger partial charge < -0.3 is 5.32 Å². The predicted molar refractivity (Wildman–Crippen MR) is 104 cm³/mol. The van der Waals surface area contributed by atoms with Crippen LogP contribution >= 0.6 is 11.8 Å². The van der Waals surface area contributed by atoms with Crippen molar-refractivity contribution in [2.75, 3.05) is 11.1 Å². The minimum atomic E-state index is -0.315. The van der Waals surface area contributed by atoms with E-state index in [2.05, 4.69) is 10.4 Å². The van der Waals surface area contributed by atoms with Crippen molar-refractivity contribution in [2.24, 2.45) is 0 Å². The third-order valence-corrected chi connectivity index (χ3v) is 5.08. The topological polar surface area (TPSA) is 46.9 Å². The molecule has 0 atom stereocenters. The molecule has 0 bridgehead atoms. The van der Waals surface area contributed by atoms with Gasteiger partial charge in [-0.25, -0.2) is 9.07 Å². The van der Waals surface area contributed by atoms with Gasteiger partial charge in [0.25, 0.3) is 0 Å². The van der Waals surface area contributed by atoms with E-state index in [1.807, 2.05) is 49.7 Å². The number of aryl methyl sites for hydroxylation is 2. The van der Waals surface area contributed by atoms with Gasteiger partial charge in [-0.05, 0) is 45.0 Å². The fourth-order valence-corrected chi connectivity index (χ4v) is 3.38. The molecule has 0 aliphatic heterocycles. The molecule has 1 aromatic heterocycles. The van der Waals surface area contributed by atoms with Gasteiger partial charge >= 0.3 is 0 Å². The standard InChI is InChI=1S/C20H20FN3OS/c1-13-8-10-16(11-9-13)24-15(3)20(14(2)23-24)22-19(25)12-26-18-7-5-4-6-17(18)21/h4-11H,12H2,1-3H3,(H,22,25). The first kappa shape index (κ1) is 18.2. The normalized spacial score (nSPS) is 10.8. The number of anilines is 1. The average molecular weight is 369 g/mol. The summed E-state index contributed by atoms with van der Waals surface area (Å²) in [5.41, 5.74) is 4.42. The first-order valence-corrected chi connectivity index (χ1v) is 9.24. The average Bonchev–Trinajstić information content (AvgIpc) is 2.90. The third-order valence-electron chi connectivity index (χ3n) is 4.03. The lowest BCUT2D eigenvalue weighted by Gasteiger charge is -2.08. The molecular weight excluding hydrogens is 349 g/mol. The molecule has 0 saturated carbocycles. The summed E-state index contributed by atoms with van der Waals surface area (Å²) < 4.78 is 15.5. The number of thioether (sulfide) groups is 1. The second kappa shape index (κ2) is 7.74. The zero-order valence-corrected chi connectivity index (χ0v) is 15.7. The van der Waals surface area contributed by atoms with Crippen LogP contribution in [-0.2, 0) is 4.79 Å². The summed E-state index contributed by atoms with van der Waals surface area (Å²) in [6.07, 6.45) is 0. The van der Waals surface area contributed by atoms with Crippen LogP contribution in [0.2, 0.25) is 0 Å². The van der Waals surface area contributed by atoms with E-state index in [4.69, 9.17) is 0 Å². The maximum atomic E-state index is 13.6. The Hall–Kier alpha value is -2.60. The molecule has 1 amide bonds. The molecule has 0 radical (unpaired) electrons. The molecule has 0 aliphatic rings. The number of amides is 1. The van der Waals surface area contributed by atoms with Gasteiger partial charge in [0, 0.05) is 4.90 Å². The first-order chi connectivity index (χ1) is 12.5. The first-order valence-electron chi connectivity index (χ1n) is 8.26. The molecule has 3 aromatic rings. The highest BCUT2D eigenvalue weighted by atomic mass is 32.2. The van der Waals surface area contributed by atoms with E-state index in [0.717, 1.165) is 17.1 Å². The number of nitrogens with one attached hydrogen (secondary N) is 1. The Balaban J connectivity index is 1.72. The number of rotatable bonds is 5. The summed E-state index contributed by atoms with van der Waals surface area (Å²) in [7, 11) is 0. The largest absolute Gasteiger partial charge is 0.322 e. The number of benzene rings is 2. The Bertz CT molecular complexity index is 935. The van der Waals surface area contributed by atoms with Crippen LogP contribution in [0.3, 0.4) is 0 Å². The maximum Gasteiger partial charge on any atom is 0.234 e. The minimum Gasteiger partial charge on any atom is -0.322 e. The molecule has 0 aliphatic carbocycles. The van der Waals surface area contributed by atoms with E-state index in [9.17, 15) is 9.18 Å². The SMILES string of the molecule is Cc1ccc(-n2nc(C)c(NC(=O)CSc3ccccc3F)c2C)cc1. The van der Waals surface area contributed by atoms with E-state index in [0.29, 0.717) is 10.6 Å². The highest BCUT2D eigenvalue weighted by Gasteiger charge is 2.15. The molecule has 2 aromatic carbocycles. The summed E-state index contributed by atoms with van der Waals surface area (Å²) in [5.74, 6) is -0.368. The van der Waals surface area contributed by atoms with Crippen LogP contribution in [0.5, 0.6) is 0 Å². The van der Waals surface area contributed by atoms with Crippen molar-refractivity contribution in [3.8, 4) is 5.69 Å². The number of carbonyl (C=O) groups excluding carboxylic acids is 1. The monoisotopic (exact) mass is 369 g/mol. The lowest BCUT2D eigenvalue weighted by atomic mass is 10.2. The van der Waals surface area contributed by atoms with E-state index in [1.54, 1.807) is 18.2 Å². The van der Waals surface area contributed by atoms with Crippen LogP contribution in [0, 0.1) is 26.6 Å². The van der Waals surface area contributed by atoms with Crippen LogP contribution in [0.4, 0.5) is 10.1 Å².